The number of halogens is 2. The van der Waals surface area contributed by atoms with Crippen molar-refractivity contribution < 1.29 is 0 Å². The first-order chi connectivity index (χ1) is 6.95. The average Bonchev–Trinajstić information content (AvgIpc) is 2.29. The van der Waals surface area contributed by atoms with Crippen molar-refractivity contribution in [2.24, 2.45) is 5.92 Å². The van der Waals surface area contributed by atoms with E-state index in [0.29, 0.717) is 0 Å². The fourth-order valence-corrected chi connectivity index (χ4v) is 1.75. The van der Waals surface area contributed by atoms with Crippen molar-refractivity contribution in [3.63, 3.8) is 0 Å². The number of nitrogens with one attached hydrogen (secondary N) is 1. The van der Waals surface area contributed by atoms with Crippen LogP contribution in [0.5, 0.6) is 0 Å². The summed E-state index contributed by atoms with van der Waals surface area (Å²) in [6.45, 7) is 2.30. The van der Waals surface area contributed by atoms with Crippen LogP contribution in [-0.2, 0) is 0 Å². The molecule has 0 radical (unpaired) electrons. The molecule has 0 aliphatic carbocycles. The predicted octanol–water partition coefficient (Wildman–Crippen LogP) is 2.94. The van der Waals surface area contributed by atoms with E-state index in [1.165, 1.54) is 12.8 Å². The Labute approximate surface area is 109 Å². The van der Waals surface area contributed by atoms with E-state index in [0.717, 1.165) is 24.7 Å². The van der Waals surface area contributed by atoms with Crippen LogP contribution in [0, 0.1) is 5.92 Å². The number of aromatic nitrogens is 1. The third-order valence-corrected chi connectivity index (χ3v) is 2.61. The molecule has 1 aromatic heterocycles. The molecule has 0 amide bonds. The number of hydrogen-bond donors (Lipinski definition) is 1. The van der Waals surface area contributed by atoms with Crippen LogP contribution in [0.25, 0.3) is 6.08 Å². The molecule has 0 saturated carbocycles. The molecule has 0 bridgehead atoms. The van der Waals surface area contributed by atoms with E-state index in [-0.39, 0.29) is 24.8 Å². The van der Waals surface area contributed by atoms with E-state index >= 15 is 0 Å². The highest BCUT2D eigenvalue weighted by molar-refractivity contribution is 5.85. The number of piperidine rings is 1. The van der Waals surface area contributed by atoms with Crippen molar-refractivity contribution in [3.05, 3.63) is 36.2 Å². The van der Waals surface area contributed by atoms with Gasteiger partial charge in [-0.05, 0) is 50.1 Å². The molecule has 2 heterocycles. The predicted molar refractivity (Wildman–Crippen MR) is 73.4 cm³/mol. The molecule has 1 aliphatic heterocycles. The molecule has 0 aromatic carbocycles. The zero-order chi connectivity index (χ0) is 9.64. The molecule has 16 heavy (non-hydrogen) atoms. The molecule has 0 unspecified atom stereocenters. The standard InChI is InChI=1S/C12H16N2.2ClH/c1-2-8-14-12(3-1)5-4-11-6-9-13-10-7-11;;/h1-5,8,11,13H,6-7,9-10H2;2*1H/b5-4+;;. The number of hydrogen-bond acceptors (Lipinski definition) is 2. The van der Waals surface area contributed by atoms with Gasteiger partial charge in [0.15, 0.2) is 0 Å². The van der Waals surface area contributed by atoms with E-state index in [1.807, 2.05) is 24.4 Å². The normalized spacial score (nSPS) is 16.5. The summed E-state index contributed by atoms with van der Waals surface area (Å²) < 4.78 is 0. The highest BCUT2D eigenvalue weighted by Gasteiger charge is 2.08. The second kappa shape index (κ2) is 8.57. The van der Waals surface area contributed by atoms with Gasteiger partial charge in [-0.3, -0.25) is 4.98 Å². The topological polar surface area (TPSA) is 24.9 Å². The molecule has 1 aliphatic rings. The molecule has 1 fully saturated rings. The van der Waals surface area contributed by atoms with Crippen molar-refractivity contribution in [1.82, 2.24) is 10.3 Å². The van der Waals surface area contributed by atoms with E-state index in [2.05, 4.69) is 22.5 Å². The van der Waals surface area contributed by atoms with Crippen LogP contribution < -0.4 is 5.32 Å². The lowest BCUT2D eigenvalue weighted by atomic mass is 9.97. The van der Waals surface area contributed by atoms with Gasteiger partial charge < -0.3 is 5.32 Å². The molecule has 4 heteroatoms. The second-order valence-electron chi connectivity index (χ2n) is 3.70. The Kier molecular flexibility index (Phi) is 8.26. The molecule has 0 spiro atoms. The molecule has 1 saturated heterocycles. The molecule has 1 aromatic rings. The summed E-state index contributed by atoms with van der Waals surface area (Å²) in [5, 5.41) is 3.36. The van der Waals surface area contributed by atoms with Gasteiger partial charge in [-0.2, -0.15) is 0 Å². The summed E-state index contributed by atoms with van der Waals surface area (Å²) in [5.41, 5.74) is 1.06. The average molecular weight is 261 g/mol. The number of rotatable bonds is 2. The number of allylic oxidation sites excluding steroid dienone is 1. The Hall–Kier alpha value is -0.570. The van der Waals surface area contributed by atoms with Gasteiger partial charge >= 0.3 is 0 Å². The first-order valence-corrected chi connectivity index (χ1v) is 5.25. The first-order valence-electron chi connectivity index (χ1n) is 5.25. The number of nitrogens with zero attached hydrogens (tertiary/aromatic N) is 1. The van der Waals surface area contributed by atoms with Crippen LogP contribution in [0.2, 0.25) is 0 Å². The molecule has 1 N–H and O–H groups in total. The Morgan fingerprint density at radius 1 is 1.19 bits per heavy atom. The van der Waals surface area contributed by atoms with Gasteiger partial charge in [-0.15, -0.1) is 24.8 Å². The lowest BCUT2D eigenvalue weighted by Gasteiger charge is -2.18. The Balaban J connectivity index is 0.00000112. The highest BCUT2D eigenvalue weighted by atomic mass is 35.5. The van der Waals surface area contributed by atoms with Gasteiger partial charge in [-0.25, -0.2) is 0 Å². The smallest absolute Gasteiger partial charge is 0.0626 e. The quantitative estimate of drug-likeness (QED) is 0.885. The zero-order valence-corrected chi connectivity index (χ0v) is 10.8. The minimum atomic E-state index is 0. The lowest BCUT2D eigenvalue weighted by molar-refractivity contribution is 0.438. The Bertz CT molecular complexity index is 295. The van der Waals surface area contributed by atoms with Crippen LogP contribution in [0.15, 0.2) is 30.5 Å². The third-order valence-electron chi connectivity index (χ3n) is 2.61. The number of pyridine rings is 1. The maximum Gasteiger partial charge on any atom is 0.0626 e. The summed E-state index contributed by atoms with van der Waals surface area (Å²) in [7, 11) is 0. The van der Waals surface area contributed by atoms with Crippen molar-refractivity contribution in [2.75, 3.05) is 13.1 Å². The summed E-state index contributed by atoms with van der Waals surface area (Å²) in [6, 6.07) is 6.01. The van der Waals surface area contributed by atoms with Gasteiger partial charge in [0.25, 0.3) is 0 Å². The van der Waals surface area contributed by atoms with Crippen molar-refractivity contribution >= 4 is 30.9 Å². The zero-order valence-electron chi connectivity index (χ0n) is 9.13. The van der Waals surface area contributed by atoms with Crippen LogP contribution in [-0.4, -0.2) is 18.1 Å². The fourth-order valence-electron chi connectivity index (χ4n) is 1.75. The molecule has 2 nitrogen and oxygen atoms in total. The molecule has 90 valence electrons. The van der Waals surface area contributed by atoms with Gasteiger partial charge in [0.2, 0.25) is 0 Å². The van der Waals surface area contributed by atoms with Gasteiger partial charge in [0.1, 0.15) is 0 Å². The molecular formula is C12H18Cl2N2. The molecular weight excluding hydrogens is 243 g/mol. The Morgan fingerprint density at radius 3 is 2.56 bits per heavy atom. The minimum absolute atomic E-state index is 0. The lowest BCUT2D eigenvalue weighted by Crippen LogP contribution is -2.26. The van der Waals surface area contributed by atoms with Crippen molar-refractivity contribution in [3.8, 4) is 0 Å². The highest BCUT2D eigenvalue weighted by Crippen LogP contribution is 2.14. The van der Waals surface area contributed by atoms with Crippen LogP contribution in [0.4, 0.5) is 0 Å². The van der Waals surface area contributed by atoms with E-state index in [4.69, 9.17) is 0 Å². The van der Waals surface area contributed by atoms with Gasteiger partial charge in [0, 0.05) is 6.20 Å². The Morgan fingerprint density at radius 2 is 1.94 bits per heavy atom. The van der Waals surface area contributed by atoms with Crippen molar-refractivity contribution in [2.45, 2.75) is 12.8 Å². The first kappa shape index (κ1) is 15.4. The molecule has 0 atom stereocenters. The summed E-state index contributed by atoms with van der Waals surface area (Å²) in [6.07, 6.45) is 8.77. The largest absolute Gasteiger partial charge is 0.317 e. The monoisotopic (exact) mass is 260 g/mol. The maximum absolute atomic E-state index is 4.26. The van der Waals surface area contributed by atoms with E-state index < -0.39 is 0 Å². The van der Waals surface area contributed by atoms with Gasteiger partial charge in [-0.1, -0.05) is 12.1 Å². The third kappa shape index (κ3) is 4.97. The van der Waals surface area contributed by atoms with Crippen LogP contribution >= 0.6 is 24.8 Å². The SMILES string of the molecule is C(=C\C1CCNCC1)/c1ccccn1.Cl.Cl. The molecule has 2 rings (SSSR count). The van der Waals surface area contributed by atoms with Crippen LogP contribution in [0.3, 0.4) is 0 Å². The fraction of sp³-hybridized carbons (Fsp3) is 0.417. The van der Waals surface area contributed by atoms with Crippen LogP contribution in [0.1, 0.15) is 18.5 Å². The maximum atomic E-state index is 4.26. The summed E-state index contributed by atoms with van der Waals surface area (Å²) in [4.78, 5) is 4.26. The summed E-state index contributed by atoms with van der Waals surface area (Å²) >= 11 is 0. The van der Waals surface area contributed by atoms with Crippen molar-refractivity contribution in [1.29, 1.82) is 0 Å². The summed E-state index contributed by atoms with van der Waals surface area (Å²) in [5.74, 6) is 0.734. The minimum Gasteiger partial charge on any atom is -0.317 e. The van der Waals surface area contributed by atoms with Gasteiger partial charge in [0.05, 0.1) is 5.69 Å². The second-order valence-corrected chi connectivity index (χ2v) is 3.70. The van der Waals surface area contributed by atoms with E-state index in [9.17, 15) is 0 Å². The van der Waals surface area contributed by atoms with E-state index in [1.54, 1.807) is 0 Å².